The SMILES string of the molecule is C=CCn1c(SCC(=O)c2ccc(F)cc2)nnc1-c1ccc(Cl)cc1. The molecule has 0 bridgehead atoms. The second-order valence-electron chi connectivity index (χ2n) is 5.43. The van der Waals surface area contributed by atoms with Crippen LogP contribution in [0.2, 0.25) is 5.02 Å². The quantitative estimate of drug-likeness (QED) is 0.328. The summed E-state index contributed by atoms with van der Waals surface area (Å²) in [4.78, 5) is 12.3. The highest BCUT2D eigenvalue weighted by Crippen LogP contribution is 2.25. The molecule has 1 aromatic heterocycles. The maximum absolute atomic E-state index is 13.0. The minimum atomic E-state index is -0.368. The topological polar surface area (TPSA) is 47.8 Å². The van der Waals surface area contributed by atoms with Gasteiger partial charge in [0.1, 0.15) is 5.82 Å². The van der Waals surface area contributed by atoms with Gasteiger partial charge in [0.05, 0.1) is 5.75 Å². The van der Waals surface area contributed by atoms with E-state index in [1.165, 1.54) is 36.0 Å². The third-order valence-corrected chi connectivity index (χ3v) is 4.85. The molecule has 0 fully saturated rings. The normalized spacial score (nSPS) is 10.7. The van der Waals surface area contributed by atoms with Crippen LogP contribution in [0.1, 0.15) is 10.4 Å². The van der Waals surface area contributed by atoms with Crippen molar-refractivity contribution in [2.24, 2.45) is 0 Å². The van der Waals surface area contributed by atoms with Gasteiger partial charge in [-0.05, 0) is 48.5 Å². The molecule has 0 unspecified atom stereocenters. The lowest BCUT2D eigenvalue weighted by molar-refractivity contribution is 0.102. The van der Waals surface area contributed by atoms with Crippen LogP contribution in [0.5, 0.6) is 0 Å². The van der Waals surface area contributed by atoms with Crippen molar-refractivity contribution in [1.82, 2.24) is 14.8 Å². The molecular formula is C19H15ClFN3OS. The van der Waals surface area contributed by atoms with Crippen LogP contribution < -0.4 is 0 Å². The van der Waals surface area contributed by atoms with Crippen LogP contribution in [0, 0.1) is 5.82 Å². The highest BCUT2D eigenvalue weighted by atomic mass is 35.5. The average molecular weight is 388 g/mol. The zero-order chi connectivity index (χ0) is 18.5. The van der Waals surface area contributed by atoms with E-state index in [-0.39, 0.29) is 17.4 Å². The number of carbonyl (C=O) groups is 1. The standard InChI is InChI=1S/C19H15ClFN3OS/c1-2-11-24-18(14-3-7-15(20)8-4-14)22-23-19(24)26-12-17(25)13-5-9-16(21)10-6-13/h2-10H,1,11-12H2. The number of Topliss-reactive ketones (excluding diaryl/α,β-unsaturated/α-hetero) is 1. The molecule has 0 saturated heterocycles. The van der Waals surface area contributed by atoms with Crippen molar-refractivity contribution < 1.29 is 9.18 Å². The number of allylic oxidation sites excluding steroid dienone is 1. The molecule has 0 radical (unpaired) electrons. The summed E-state index contributed by atoms with van der Waals surface area (Å²) >= 11 is 7.22. The average Bonchev–Trinajstić information content (AvgIpc) is 3.04. The van der Waals surface area contributed by atoms with E-state index in [0.717, 1.165) is 5.56 Å². The molecule has 7 heteroatoms. The van der Waals surface area contributed by atoms with Gasteiger partial charge in [0.15, 0.2) is 16.8 Å². The van der Waals surface area contributed by atoms with Gasteiger partial charge in [-0.1, -0.05) is 29.4 Å². The highest BCUT2D eigenvalue weighted by molar-refractivity contribution is 7.99. The highest BCUT2D eigenvalue weighted by Gasteiger charge is 2.15. The Morgan fingerprint density at radius 2 is 1.85 bits per heavy atom. The summed E-state index contributed by atoms with van der Waals surface area (Å²) in [6.07, 6.45) is 1.74. The predicted octanol–water partition coefficient (Wildman–Crippen LogP) is 4.90. The van der Waals surface area contributed by atoms with Gasteiger partial charge in [0.2, 0.25) is 0 Å². The number of nitrogens with zero attached hydrogens (tertiary/aromatic N) is 3. The molecule has 3 rings (SSSR count). The largest absolute Gasteiger partial charge is 0.298 e. The Morgan fingerprint density at radius 3 is 2.50 bits per heavy atom. The number of benzene rings is 2. The second kappa shape index (κ2) is 8.29. The lowest BCUT2D eigenvalue weighted by Crippen LogP contribution is -2.05. The monoisotopic (exact) mass is 387 g/mol. The number of ketones is 1. The number of hydrogen-bond donors (Lipinski definition) is 0. The summed E-state index contributed by atoms with van der Waals surface area (Å²) in [5.74, 6) is 0.392. The molecule has 0 aliphatic rings. The Labute approximate surface area is 159 Å². The molecule has 0 N–H and O–H groups in total. The van der Waals surface area contributed by atoms with E-state index in [0.29, 0.717) is 28.1 Å². The van der Waals surface area contributed by atoms with Crippen molar-refractivity contribution in [3.8, 4) is 11.4 Å². The molecule has 132 valence electrons. The Hall–Kier alpha value is -2.44. The van der Waals surface area contributed by atoms with E-state index in [4.69, 9.17) is 11.6 Å². The molecule has 4 nitrogen and oxygen atoms in total. The van der Waals surface area contributed by atoms with E-state index in [9.17, 15) is 9.18 Å². The first-order chi connectivity index (χ1) is 12.6. The smallest absolute Gasteiger partial charge is 0.192 e. The number of aromatic nitrogens is 3. The molecule has 0 atom stereocenters. The lowest BCUT2D eigenvalue weighted by Gasteiger charge is -2.07. The number of halogens is 2. The predicted molar refractivity (Wildman–Crippen MR) is 102 cm³/mol. The van der Waals surface area contributed by atoms with E-state index in [1.807, 2.05) is 16.7 Å². The molecule has 1 heterocycles. The van der Waals surface area contributed by atoms with Crippen LogP contribution in [0.3, 0.4) is 0 Å². The fraction of sp³-hybridized carbons (Fsp3) is 0.105. The van der Waals surface area contributed by atoms with Crippen LogP contribution >= 0.6 is 23.4 Å². The maximum Gasteiger partial charge on any atom is 0.192 e. The van der Waals surface area contributed by atoms with Gasteiger partial charge >= 0.3 is 0 Å². The Kier molecular flexibility index (Phi) is 5.85. The van der Waals surface area contributed by atoms with Gasteiger partial charge < -0.3 is 0 Å². The molecule has 0 amide bonds. The molecule has 26 heavy (non-hydrogen) atoms. The maximum atomic E-state index is 13.0. The summed E-state index contributed by atoms with van der Waals surface area (Å²) in [6, 6.07) is 12.8. The molecule has 0 aliphatic carbocycles. The van der Waals surface area contributed by atoms with E-state index >= 15 is 0 Å². The first kappa shape index (κ1) is 18.4. The Morgan fingerprint density at radius 1 is 1.15 bits per heavy atom. The number of hydrogen-bond acceptors (Lipinski definition) is 4. The summed E-state index contributed by atoms with van der Waals surface area (Å²) in [7, 11) is 0. The van der Waals surface area contributed by atoms with Gasteiger partial charge in [-0.25, -0.2) is 4.39 Å². The summed E-state index contributed by atoms with van der Waals surface area (Å²) in [6.45, 7) is 4.28. The van der Waals surface area contributed by atoms with Crippen molar-refractivity contribution in [3.05, 3.63) is 77.6 Å². The molecule has 3 aromatic rings. The fourth-order valence-electron chi connectivity index (χ4n) is 2.35. The van der Waals surface area contributed by atoms with Crippen molar-refractivity contribution in [2.45, 2.75) is 11.7 Å². The van der Waals surface area contributed by atoms with E-state index < -0.39 is 0 Å². The van der Waals surface area contributed by atoms with Crippen molar-refractivity contribution in [1.29, 1.82) is 0 Å². The van der Waals surface area contributed by atoms with Crippen molar-refractivity contribution in [2.75, 3.05) is 5.75 Å². The van der Waals surface area contributed by atoms with Gasteiger partial charge in [-0.15, -0.1) is 16.8 Å². The molecular weight excluding hydrogens is 373 g/mol. The van der Waals surface area contributed by atoms with Crippen LogP contribution in [0.25, 0.3) is 11.4 Å². The summed E-state index contributed by atoms with van der Waals surface area (Å²) in [5, 5.41) is 9.69. The Balaban J connectivity index is 1.79. The first-order valence-corrected chi connectivity index (χ1v) is 9.16. The van der Waals surface area contributed by atoms with E-state index in [2.05, 4.69) is 16.8 Å². The lowest BCUT2D eigenvalue weighted by atomic mass is 10.1. The first-order valence-electron chi connectivity index (χ1n) is 7.80. The zero-order valence-corrected chi connectivity index (χ0v) is 15.3. The van der Waals surface area contributed by atoms with E-state index in [1.54, 1.807) is 18.2 Å². The summed E-state index contributed by atoms with van der Waals surface area (Å²) in [5.41, 5.74) is 1.34. The van der Waals surface area contributed by atoms with Gasteiger partial charge in [0.25, 0.3) is 0 Å². The molecule has 0 spiro atoms. The second-order valence-corrected chi connectivity index (χ2v) is 6.81. The van der Waals surface area contributed by atoms with Gasteiger partial charge in [-0.2, -0.15) is 0 Å². The minimum Gasteiger partial charge on any atom is -0.298 e. The van der Waals surface area contributed by atoms with Crippen LogP contribution in [-0.2, 0) is 6.54 Å². The third kappa shape index (κ3) is 4.20. The molecule has 2 aromatic carbocycles. The van der Waals surface area contributed by atoms with Gasteiger partial charge in [0, 0.05) is 22.7 Å². The van der Waals surface area contributed by atoms with Crippen LogP contribution in [0.15, 0.2) is 66.3 Å². The minimum absolute atomic E-state index is 0.101. The molecule has 0 aliphatic heterocycles. The number of rotatable bonds is 7. The van der Waals surface area contributed by atoms with Crippen LogP contribution in [0.4, 0.5) is 4.39 Å². The van der Waals surface area contributed by atoms with Gasteiger partial charge in [-0.3, -0.25) is 9.36 Å². The third-order valence-electron chi connectivity index (χ3n) is 3.63. The van der Waals surface area contributed by atoms with Crippen LogP contribution in [-0.4, -0.2) is 26.3 Å². The molecule has 0 saturated carbocycles. The summed E-state index contributed by atoms with van der Waals surface area (Å²) < 4.78 is 14.9. The number of thioether (sulfide) groups is 1. The Bertz CT molecular complexity index is 923. The van der Waals surface area contributed by atoms with Crippen molar-refractivity contribution in [3.63, 3.8) is 0 Å². The fourth-order valence-corrected chi connectivity index (χ4v) is 3.32. The zero-order valence-electron chi connectivity index (χ0n) is 13.7. The van der Waals surface area contributed by atoms with Crippen molar-refractivity contribution >= 4 is 29.1 Å². The number of carbonyl (C=O) groups excluding carboxylic acids is 1.